The summed E-state index contributed by atoms with van der Waals surface area (Å²) in [7, 11) is 1.38. The molecule has 2 N–H and O–H groups in total. The van der Waals surface area contributed by atoms with Gasteiger partial charge in [0.2, 0.25) is 0 Å². The van der Waals surface area contributed by atoms with Crippen molar-refractivity contribution in [2.75, 3.05) is 16.8 Å². The van der Waals surface area contributed by atoms with Crippen LogP contribution in [-0.4, -0.2) is 61.7 Å². The maximum atomic E-state index is 13.3. The van der Waals surface area contributed by atoms with Crippen LogP contribution in [-0.2, 0) is 15.8 Å². The lowest BCUT2D eigenvalue weighted by Gasteiger charge is -2.29. The molecule has 3 aromatic heterocycles. The second-order valence-electron chi connectivity index (χ2n) is 7.42. The number of aryl methyl sites for hydroxylation is 1. The van der Waals surface area contributed by atoms with E-state index in [0.717, 1.165) is 11.0 Å². The number of rotatable bonds is 3. The van der Waals surface area contributed by atoms with Crippen LogP contribution < -0.4 is 9.80 Å². The molecule has 0 spiro atoms. The van der Waals surface area contributed by atoms with Crippen molar-refractivity contribution in [1.29, 1.82) is 0 Å². The summed E-state index contributed by atoms with van der Waals surface area (Å²) >= 11 is 0. The molecule has 0 aromatic carbocycles. The number of hydrogen-bond acceptors (Lipinski definition) is 6. The summed E-state index contributed by atoms with van der Waals surface area (Å²) in [5, 5.41) is 20.5. The molecular formula is C20H18F3N5O4. The normalized spacial score (nSPS) is 21.4. The van der Waals surface area contributed by atoms with Gasteiger partial charge in [-0.15, -0.1) is 0 Å². The second kappa shape index (κ2) is 7.57. The zero-order chi connectivity index (χ0) is 23.4. The highest BCUT2D eigenvalue weighted by Gasteiger charge is 2.52. The molecule has 1 saturated heterocycles. The number of halogens is 3. The Kier molecular flexibility index (Phi) is 5.13. The third-order valence-corrected chi connectivity index (χ3v) is 5.28. The van der Waals surface area contributed by atoms with Gasteiger partial charge in [0.1, 0.15) is 23.6 Å². The summed E-state index contributed by atoms with van der Waals surface area (Å²) in [6.07, 6.45) is -3.70. The number of carbonyl (C=O) groups excluding carboxylic acids is 2. The number of likely N-dealkylation sites (N-methyl/N-ethyl adjacent to an activating group) is 1. The molecule has 168 valence electrons. The number of amides is 2. The van der Waals surface area contributed by atoms with Crippen molar-refractivity contribution in [3.63, 3.8) is 0 Å². The van der Waals surface area contributed by atoms with E-state index in [2.05, 4.69) is 9.97 Å². The molecule has 0 saturated carbocycles. The summed E-state index contributed by atoms with van der Waals surface area (Å²) in [4.78, 5) is 35.7. The maximum absolute atomic E-state index is 13.3. The first-order chi connectivity index (χ1) is 15.0. The first kappa shape index (κ1) is 21.7. The quantitative estimate of drug-likeness (QED) is 0.621. The topological polar surface area (TPSA) is 111 Å². The molecule has 0 unspecified atom stereocenters. The van der Waals surface area contributed by atoms with E-state index in [4.69, 9.17) is 0 Å². The van der Waals surface area contributed by atoms with E-state index in [1.54, 1.807) is 35.1 Å². The van der Waals surface area contributed by atoms with Crippen molar-refractivity contribution in [1.82, 2.24) is 14.4 Å². The second-order valence-corrected chi connectivity index (χ2v) is 7.42. The highest BCUT2D eigenvalue weighted by Crippen LogP contribution is 2.34. The van der Waals surface area contributed by atoms with Crippen molar-refractivity contribution in [3.8, 4) is 0 Å². The molecule has 3 aromatic rings. The van der Waals surface area contributed by atoms with Crippen LogP contribution in [0.25, 0.3) is 5.65 Å². The maximum Gasteiger partial charge on any atom is 0.416 e. The van der Waals surface area contributed by atoms with Crippen LogP contribution in [0.3, 0.4) is 0 Å². The summed E-state index contributed by atoms with van der Waals surface area (Å²) in [5.74, 6) is -2.44. The summed E-state index contributed by atoms with van der Waals surface area (Å²) < 4.78 is 41.5. The molecule has 1 aliphatic heterocycles. The Balaban J connectivity index is 1.75. The number of aliphatic hydroxyl groups excluding tert-OH is 2. The van der Waals surface area contributed by atoms with Gasteiger partial charge >= 0.3 is 6.18 Å². The molecule has 0 radical (unpaired) electrons. The lowest BCUT2D eigenvalue weighted by atomic mass is 10.1. The Bertz CT molecular complexity index is 1210. The van der Waals surface area contributed by atoms with E-state index < -0.39 is 47.6 Å². The van der Waals surface area contributed by atoms with Crippen molar-refractivity contribution in [3.05, 3.63) is 54.1 Å². The predicted octanol–water partition coefficient (Wildman–Crippen LogP) is 1.16. The van der Waals surface area contributed by atoms with Gasteiger partial charge < -0.3 is 19.5 Å². The van der Waals surface area contributed by atoms with Gasteiger partial charge in [-0.05, 0) is 25.1 Å². The minimum absolute atomic E-state index is 0.0529. The number of aromatic nitrogens is 3. The Labute approximate surface area is 179 Å². The van der Waals surface area contributed by atoms with E-state index in [-0.39, 0.29) is 5.69 Å². The summed E-state index contributed by atoms with van der Waals surface area (Å²) in [6.45, 7) is 1.30. The molecule has 1 aliphatic rings. The predicted molar refractivity (Wildman–Crippen MR) is 106 cm³/mol. The largest absolute Gasteiger partial charge is 0.416 e. The molecule has 12 heteroatoms. The number of pyridine rings is 2. The minimum Gasteiger partial charge on any atom is -0.387 e. The van der Waals surface area contributed by atoms with Gasteiger partial charge in [0, 0.05) is 43.1 Å². The number of alkyl halides is 3. The molecule has 3 atom stereocenters. The monoisotopic (exact) mass is 449 g/mol. The van der Waals surface area contributed by atoms with Crippen molar-refractivity contribution >= 4 is 29.0 Å². The Morgan fingerprint density at radius 1 is 1.19 bits per heavy atom. The first-order valence-electron chi connectivity index (χ1n) is 9.44. The van der Waals surface area contributed by atoms with Crippen LogP contribution in [0.2, 0.25) is 0 Å². The van der Waals surface area contributed by atoms with E-state index >= 15 is 0 Å². The van der Waals surface area contributed by atoms with Crippen LogP contribution in [0.15, 0.2) is 42.9 Å². The number of hydrogen-bond donors (Lipinski definition) is 2. The number of nitrogens with zero attached hydrogens (tertiary/aromatic N) is 5. The molecule has 4 heterocycles. The van der Waals surface area contributed by atoms with Crippen molar-refractivity contribution < 1.29 is 33.0 Å². The molecule has 0 bridgehead atoms. The zero-order valence-corrected chi connectivity index (χ0v) is 16.9. The standard InChI is InChI=1S/C20H18F3N5O4/c1-10-7-11(20(21,22)23)8-14(25-10)28-15(16(29)17(30)19(28)32)18(31)26(2)12-3-5-27-6-4-24-13(27)9-12/h3-9,15-17,29-30H,1-2H3/t15-,16-,17-/m0/s1. The Hall–Kier alpha value is -3.51. The molecule has 0 aliphatic carbocycles. The van der Waals surface area contributed by atoms with Crippen LogP contribution in [0.5, 0.6) is 0 Å². The molecule has 2 amide bonds. The lowest BCUT2D eigenvalue weighted by Crippen LogP contribution is -2.50. The lowest BCUT2D eigenvalue weighted by molar-refractivity contribution is -0.137. The van der Waals surface area contributed by atoms with Crippen LogP contribution >= 0.6 is 0 Å². The average Bonchev–Trinajstić information content (AvgIpc) is 3.29. The van der Waals surface area contributed by atoms with Crippen LogP contribution in [0, 0.1) is 6.92 Å². The fraction of sp³-hybridized carbons (Fsp3) is 0.300. The number of fused-ring (bicyclic) bond motifs is 1. The smallest absolute Gasteiger partial charge is 0.387 e. The zero-order valence-electron chi connectivity index (χ0n) is 16.9. The van der Waals surface area contributed by atoms with Crippen molar-refractivity contribution in [2.45, 2.75) is 31.3 Å². The van der Waals surface area contributed by atoms with Crippen LogP contribution in [0.1, 0.15) is 11.3 Å². The van der Waals surface area contributed by atoms with Gasteiger partial charge in [0.25, 0.3) is 11.8 Å². The van der Waals surface area contributed by atoms with Crippen LogP contribution in [0.4, 0.5) is 24.7 Å². The third kappa shape index (κ3) is 3.56. The van der Waals surface area contributed by atoms with E-state index in [9.17, 15) is 33.0 Å². The van der Waals surface area contributed by atoms with Gasteiger partial charge in [0.15, 0.2) is 6.10 Å². The van der Waals surface area contributed by atoms with Crippen molar-refractivity contribution in [2.24, 2.45) is 0 Å². The average molecular weight is 449 g/mol. The number of imidazole rings is 1. The highest BCUT2D eigenvalue weighted by atomic mass is 19.4. The Morgan fingerprint density at radius 2 is 1.91 bits per heavy atom. The summed E-state index contributed by atoms with van der Waals surface area (Å²) in [6, 6.07) is 2.87. The number of aliphatic hydroxyl groups is 2. The van der Waals surface area contributed by atoms with Gasteiger partial charge in [-0.25, -0.2) is 9.97 Å². The van der Waals surface area contributed by atoms with E-state index in [0.29, 0.717) is 22.3 Å². The molecule has 1 fully saturated rings. The molecule has 9 nitrogen and oxygen atoms in total. The van der Waals surface area contributed by atoms with Gasteiger partial charge in [0.05, 0.1) is 5.56 Å². The van der Waals surface area contributed by atoms with E-state index in [1.165, 1.54) is 14.0 Å². The fourth-order valence-corrected chi connectivity index (χ4v) is 3.63. The summed E-state index contributed by atoms with van der Waals surface area (Å²) in [5.41, 5.74) is -0.240. The molecule has 4 rings (SSSR count). The number of carbonyl (C=O) groups is 2. The van der Waals surface area contributed by atoms with E-state index in [1.807, 2.05) is 0 Å². The Morgan fingerprint density at radius 3 is 2.59 bits per heavy atom. The van der Waals surface area contributed by atoms with Gasteiger partial charge in [-0.3, -0.25) is 14.5 Å². The third-order valence-electron chi connectivity index (χ3n) is 5.28. The fourth-order valence-electron chi connectivity index (χ4n) is 3.63. The minimum atomic E-state index is -4.72. The first-order valence-corrected chi connectivity index (χ1v) is 9.44. The molecular weight excluding hydrogens is 431 g/mol. The highest BCUT2D eigenvalue weighted by molar-refractivity contribution is 6.10. The van der Waals surface area contributed by atoms with Gasteiger partial charge in [-0.2, -0.15) is 13.2 Å². The van der Waals surface area contributed by atoms with Gasteiger partial charge in [-0.1, -0.05) is 0 Å². The molecule has 32 heavy (non-hydrogen) atoms. The number of anilines is 2. The SMILES string of the molecule is Cc1cc(C(F)(F)F)cc(N2C(=O)[C@@H](O)[C@@H](O)[C@H]2C(=O)N(C)c2ccn3ccnc3c2)n1.